The Balaban J connectivity index is 1.84. The Bertz CT molecular complexity index is 684. The van der Waals surface area contributed by atoms with Gasteiger partial charge in [-0.1, -0.05) is 12.1 Å². The minimum atomic E-state index is 0.765. The number of nitrogens with one attached hydrogen (secondary N) is 1. The molecule has 1 N–H and O–H groups in total. The molecule has 19 heavy (non-hydrogen) atoms. The molecule has 0 saturated carbocycles. The van der Waals surface area contributed by atoms with Crippen LogP contribution in [0.5, 0.6) is 0 Å². The number of hydrogen-bond acceptors (Lipinski definition) is 3. The van der Waals surface area contributed by atoms with Crippen LogP contribution >= 0.6 is 0 Å². The molecule has 0 fully saturated rings. The second-order valence-electron chi connectivity index (χ2n) is 4.54. The number of aromatic nitrogens is 2. The first kappa shape index (κ1) is 11.7. The zero-order valence-corrected chi connectivity index (χ0v) is 10.8. The first-order valence-electron chi connectivity index (χ1n) is 6.32. The number of nitrogens with zero attached hydrogens (tertiary/aromatic N) is 2. The maximum Gasteiger partial charge on any atom is 0.0722 e. The third-order valence-corrected chi connectivity index (χ3v) is 3.10. The predicted molar refractivity (Wildman–Crippen MR) is 78.0 cm³/mol. The Hall–Kier alpha value is -2.42. The maximum absolute atomic E-state index is 4.36. The minimum Gasteiger partial charge on any atom is -0.380 e. The van der Waals surface area contributed by atoms with Gasteiger partial charge in [-0.05, 0) is 42.8 Å². The van der Waals surface area contributed by atoms with Crippen molar-refractivity contribution in [2.45, 2.75) is 13.5 Å². The number of anilines is 1. The Morgan fingerprint density at radius 1 is 1.00 bits per heavy atom. The van der Waals surface area contributed by atoms with Crippen molar-refractivity contribution in [1.29, 1.82) is 0 Å². The quantitative estimate of drug-likeness (QED) is 0.771. The van der Waals surface area contributed by atoms with E-state index >= 15 is 0 Å². The molecule has 0 radical (unpaired) electrons. The number of aryl methyl sites for hydroxylation is 1. The molecular formula is C16H15N3. The van der Waals surface area contributed by atoms with Gasteiger partial charge < -0.3 is 5.32 Å². The van der Waals surface area contributed by atoms with Crippen molar-refractivity contribution in [3.05, 3.63) is 66.1 Å². The van der Waals surface area contributed by atoms with Crippen LogP contribution in [0.25, 0.3) is 10.9 Å². The largest absolute Gasteiger partial charge is 0.380 e. The summed E-state index contributed by atoms with van der Waals surface area (Å²) >= 11 is 0. The summed E-state index contributed by atoms with van der Waals surface area (Å²) in [5, 5.41) is 4.59. The minimum absolute atomic E-state index is 0.765. The summed E-state index contributed by atoms with van der Waals surface area (Å²) in [7, 11) is 0. The maximum atomic E-state index is 4.36. The molecule has 0 unspecified atom stereocenters. The topological polar surface area (TPSA) is 37.8 Å². The fourth-order valence-electron chi connectivity index (χ4n) is 2.06. The summed E-state index contributed by atoms with van der Waals surface area (Å²) in [6.45, 7) is 2.76. The Labute approximate surface area is 112 Å². The third-order valence-electron chi connectivity index (χ3n) is 3.10. The van der Waals surface area contributed by atoms with Gasteiger partial charge in [0, 0.05) is 35.7 Å². The summed E-state index contributed by atoms with van der Waals surface area (Å²) in [6.07, 6.45) is 3.72. The van der Waals surface area contributed by atoms with E-state index in [9.17, 15) is 0 Å². The van der Waals surface area contributed by atoms with Gasteiger partial charge in [0.15, 0.2) is 0 Å². The first-order chi connectivity index (χ1) is 9.33. The average molecular weight is 249 g/mol. The second kappa shape index (κ2) is 5.06. The monoisotopic (exact) mass is 249 g/mol. The summed E-state index contributed by atoms with van der Waals surface area (Å²) < 4.78 is 0. The van der Waals surface area contributed by atoms with Gasteiger partial charge >= 0.3 is 0 Å². The normalized spacial score (nSPS) is 10.6. The molecule has 0 bridgehead atoms. The van der Waals surface area contributed by atoms with Gasteiger partial charge in [-0.2, -0.15) is 0 Å². The highest BCUT2D eigenvalue weighted by atomic mass is 14.9. The van der Waals surface area contributed by atoms with Crippen molar-refractivity contribution >= 4 is 16.6 Å². The number of fused-ring (bicyclic) bond motifs is 1. The van der Waals surface area contributed by atoms with Gasteiger partial charge in [-0.15, -0.1) is 0 Å². The molecule has 0 aliphatic carbocycles. The van der Waals surface area contributed by atoms with E-state index in [1.54, 1.807) is 0 Å². The molecule has 0 aliphatic rings. The van der Waals surface area contributed by atoms with Gasteiger partial charge in [0.25, 0.3) is 0 Å². The van der Waals surface area contributed by atoms with Crippen LogP contribution in [0.1, 0.15) is 11.3 Å². The van der Waals surface area contributed by atoms with Crippen LogP contribution in [-0.4, -0.2) is 9.97 Å². The van der Waals surface area contributed by atoms with Crippen molar-refractivity contribution in [3.63, 3.8) is 0 Å². The Morgan fingerprint density at radius 2 is 1.95 bits per heavy atom. The molecule has 94 valence electrons. The van der Waals surface area contributed by atoms with E-state index in [-0.39, 0.29) is 0 Å². The lowest BCUT2D eigenvalue weighted by molar-refractivity contribution is 1.09. The fourth-order valence-corrected chi connectivity index (χ4v) is 2.06. The van der Waals surface area contributed by atoms with E-state index in [4.69, 9.17) is 0 Å². The molecule has 3 rings (SSSR count). The van der Waals surface area contributed by atoms with Crippen LogP contribution in [0.3, 0.4) is 0 Å². The molecule has 3 nitrogen and oxygen atoms in total. The summed E-state index contributed by atoms with van der Waals surface area (Å²) in [5.41, 5.74) is 4.32. The van der Waals surface area contributed by atoms with Crippen LogP contribution < -0.4 is 5.32 Å². The van der Waals surface area contributed by atoms with Gasteiger partial charge in [0.1, 0.15) is 0 Å². The smallest absolute Gasteiger partial charge is 0.0722 e. The van der Waals surface area contributed by atoms with Crippen LogP contribution in [0.2, 0.25) is 0 Å². The predicted octanol–water partition coefficient (Wildman–Crippen LogP) is 3.55. The van der Waals surface area contributed by atoms with Gasteiger partial charge in [0.05, 0.1) is 5.52 Å². The summed E-state index contributed by atoms with van der Waals surface area (Å²) in [6, 6.07) is 14.3. The molecule has 3 heteroatoms. The highest BCUT2D eigenvalue weighted by Crippen LogP contribution is 2.21. The van der Waals surface area contributed by atoms with Crippen molar-refractivity contribution < 1.29 is 0 Å². The lowest BCUT2D eigenvalue weighted by Crippen LogP contribution is -2.00. The third kappa shape index (κ3) is 2.55. The lowest BCUT2D eigenvalue weighted by atomic mass is 10.1. The van der Waals surface area contributed by atoms with Crippen molar-refractivity contribution in [2.24, 2.45) is 0 Å². The van der Waals surface area contributed by atoms with E-state index in [0.29, 0.717) is 0 Å². The van der Waals surface area contributed by atoms with Crippen LogP contribution in [0.4, 0.5) is 5.69 Å². The van der Waals surface area contributed by atoms with Gasteiger partial charge in [0.2, 0.25) is 0 Å². The first-order valence-corrected chi connectivity index (χ1v) is 6.32. The zero-order chi connectivity index (χ0) is 13.1. The highest BCUT2D eigenvalue weighted by molar-refractivity contribution is 5.91. The van der Waals surface area contributed by atoms with Gasteiger partial charge in [-0.3, -0.25) is 9.97 Å². The van der Waals surface area contributed by atoms with Gasteiger partial charge in [-0.25, -0.2) is 0 Å². The lowest BCUT2D eigenvalue weighted by Gasteiger charge is -2.09. The molecule has 0 spiro atoms. The number of benzene rings is 1. The van der Waals surface area contributed by atoms with Crippen LogP contribution in [-0.2, 0) is 6.54 Å². The Morgan fingerprint density at radius 3 is 2.79 bits per heavy atom. The molecular weight excluding hydrogens is 234 g/mol. The molecule has 2 heterocycles. The van der Waals surface area contributed by atoms with E-state index < -0.39 is 0 Å². The highest BCUT2D eigenvalue weighted by Gasteiger charge is 2.00. The van der Waals surface area contributed by atoms with Crippen molar-refractivity contribution in [3.8, 4) is 0 Å². The Kier molecular flexibility index (Phi) is 3.11. The van der Waals surface area contributed by atoms with Crippen LogP contribution in [0, 0.1) is 6.92 Å². The van der Waals surface area contributed by atoms with E-state index in [2.05, 4.69) is 33.5 Å². The second-order valence-corrected chi connectivity index (χ2v) is 4.54. The zero-order valence-electron chi connectivity index (χ0n) is 10.8. The fraction of sp³-hybridized carbons (Fsp3) is 0.125. The molecule has 2 aromatic heterocycles. The van der Waals surface area contributed by atoms with E-state index in [1.807, 2.05) is 43.6 Å². The molecule has 3 aromatic rings. The number of pyridine rings is 2. The van der Waals surface area contributed by atoms with E-state index in [0.717, 1.165) is 28.8 Å². The summed E-state index contributed by atoms with van der Waals surface area (Å²) in [4.78, 5) is 8.66. The standard InChI is InChI=1S/C16H15N3/c1-12-7-8-13(10-18-12)11-19-16-6-2-5-15-14(16)4-3-9-17-15/h2-10,19H,11H2,1H3. The molecule has 0 aliphatic heterocycles. The molecule has 0 saturated heterocycles. The van der Waals surface area contributed by atoms with Crippen molar-refractivity contribution in [2.75, 3.05) is 5.32 Å². The molecule has 0 amide bonds. The summed E-state index contributed by atoms with van der Waals surface area (Å²) in [5.74, 6) is 0. The molecule has 0 atom stereocenters. The van der Waals surface area contributed by atoms with E-state index in [1.165, 1.54) is 5.56 Å². The van der Waals surface area contributed by atoms with Crippen LogP contribution in [0.15, 0.2) is 54.9 Å². The average Bonchev–Trinajstić information content (AvgIpc) is 2.47. The number of hydrogen-bond donors (Lipinski definition) is 1. The number of rotatable bonds is 3. The SMILES string of the molecule is Cc1ccc(CNc2cccc3ncccc23)cn1. The molecule has 1 aromatic carbocycles. The van der Waals surface area contributed by atoms with Crippen molar-refractivity contribution in [1.82, 2.24) is 9.97 Å².